The molecule has 3 heteroatoms. The first-order valence-electron chi connectivity index (χ1n) is 6.96. The smallest absolute Gasteiger partial charge is 0.237 e. The Morgan fingerprint density at radius 2 is 1.86 bits per heavy atom. The quantitative estimate of drug-likeness (QED) is 0.914. The molecule has 0 spiro atoms. The monoisotopic (exact) mass is 278 g/mol. The van der Waals surface area contributed by atoms with Gasteiger partial charge < -0.3 is 5.32 Å². The SMILES string of the molecule is Cc1cccc(CNC(=O)C(C#N)Cc2ccccc2)c1. The van der Waals surface area contributed by atoms with E-state index in [1.54, 1.807) is 0 Å². The molecule has 1 N–H and O–H groups in total. The van der Waals surface area contributed by atoms with Crippen molar-refractivity contribution in [3.63, 3.8) is 0 Å². The lowest BCUT2D eigenvalue weighted by Gasteiger charge is -2.10. The summed E-state index contributed by atoms with van der Waals surface area (Å²) in [7, 11) is 0. The highest BCUT2D eigenvalue weighted by Gasteiger charge is 2.17. The molecular formula is C18H18N2O. The summed E-state index contributed by atoms with van der Waals surface area (Å²) in [4.78, 5) is 12.1. The zero-order valence-corrected chi connectivity index (χ0v) is 12.0. The second kappa shape index (κ2) is 7.25. The molecule has 1 unspecified atom stereocenters. The molecule has 0 aromatic heterocycles. The number of nitrogens with zero attached hydrogens (tertiary/aromatic N) is 1. The van der Waals surface area contributed by atoms with Gasteiger partial charge in [-0.15, -0.1) is 0 Å². The van der Waals surface area contributed by atoms with Gasteiger partial charge in [-0.1, -0.05) is 60.2 Å². The Bertz CT molecular complexity index is 644. The fourth-order valence-corrected chi connectivity index (χ4v) is 2.18. The first-order valence-corrected chi connectivity index (χ1v) is 6.96. The second-order valence-corrected chi connectivity index (χ2v) is 5.08. The molecule has 1 atom stereocenters. The standard InChI is InChI=1S/C18H18N2O/c1-14-6-5-9-16(10-14)13-20-18(21)17(12-19)11-15-7-3-2-4-8-15/h2-10,17H,11,13H2,1H3,(H,20,21). The number of hydrogen-bond donors (Lipinski definition) is 1. The summed E-state index contributed by atoms with van der Waals surface area (Å²) in [6, 6.07) is 19.6. The van der Waals surface area contributed by atoms with E-state index < -0.39 is 5.92 Å². The third kappa shape index (κ3) is 4.47. The Hall–Kier alpha value is -2.60. The lowest BCUT2D eigenvalue weighted by atomic mass is 10.00. The van der Waals surface area contributed by atoms with E-state index in [9.17, 15) is 10.1 Å². The van der Waals surface area contributed by atoms with Crippen LogP contribution in [0.4, 0.5) is 0 Å². The zero-order valence-electron chi connectivity index (χ0n) is 12.0. The topological polar surface area (TPSA) is 52.9 Å². The van der Waals surface area contributed by atoms with Gasteiger partial charge in [0.2, 0.25) is 5.91 Å². The molecule has 2 aromatic rings. The molecule has 106 valence electrons. The fourth-order valence-electron chi connectivity index (χ4n) is 2.18. The maximum Gasteiger partial charge on any atom is 0.237 e. The average Bonchev–Trinajstić information content (AvgIpc) is 2.51. The lowest BCUT2D eigenvalue weighted by molar-refractivity contribution is -0.123. The van der Waals surface area contributed by atoms with Crippen LogP contribution in [0.25, 0.3) is 0 Å². The molecule has 0 radical (unpaired) electrons. The molecule has 21 heavy (non-hydrogen) atoms. The number of nitriles is 1. The van der Waals surface area contributed by atoms with E-state index in [4.69, 9.17) is 0 Å². The fraction of sp³-hybridized carbons (Fsp3) is 0.222. The van der Waals surface area contributed by atoms with Gasteiger partial charge in [0.15, 0.2) is 0 Å². The van der Waals surface area contributed by atoms with Crippen LogP contribution in [0.3, 0.4) is 0 Å². The maximum atomic E-state index is 12.1. The summed E-state index contributed by atoms with van der Waals surface area (Å²) in [5, 5.41) is 12.0. The van der Waals surface area contributed by atoms with Gasteiger partial charge in [0.25, 0.3) is 0 Å². The summed E-state index contributed by atoms with van der Waals surface area (Å²) in [5.41, 5.74) is 3.19. The molecule has 0 bridgehead atoms. The Labute approximate surface area is 125 Å². The van der Waals surface area contributed by atoms with E-state index in [0.29, 0.717) is 13.0 Å². The van der Waals surface area contributed by atoms with Gasteiger partial charge in [0, 0.05) is 6.54 Å². The number of carbonyl (C=O) groups is 1. The number of hydrogen-bond acceptors (Lipinski definition) is 2. The normalized spacial score (nSPS) is 11.4. The number of benzene rings is 2. The maximum absolute atomic E-state index is 12.1. The average molecular weight is 278 g/mol. The lowest BCUT2D eigenvalue weighted by Crippen LogP contribution is -2.30. The number of carbonyl (C=O) groups excluding carboxylic acids is 1. The Kier molecular flexibility index (Phi) is 5.11. The number of rotatable bonds is 5. The van der Waals surface area contributed by atoms with Crippen LogP contribution in [-0.4, -0.2) is 5.91 Å². The molecule has 0 saturated carbocycles. The Morgan fingerprint density at radius 1 is 1.14 bits per heavy atom. The highest BCUT2D eigenvalue weighted by atomic mass is 16.1. The van der Waals surface area contributed by atoms with Crippen molar-refractivity contribution < 1.29 is 4.79 Å². The van der Waals surface area contributed by atoms with Crippen molar-refractivity contribution in [1.82, 2.24) is 5.32 Å². The molecule has 0 fully saturated rings. The molecule has 0 aliphatic heterocycles. The van der Waals surface area contributed by atoms with Crippen molar-refractivity contribution >= 4 is 5.91 Å². The van der Waals surface area contributed by atoms with Crippen molar-refractivity contribution in [3.8, 4) is 6.07 Å². The van der Waals surface area contributed by atoms with Gasteiger partial charge in [-0.25, -0.2) is 0 Å². The van der Waals surface area contributed by atoms with E-state index in [-0.39, 0.29) is 5.91 Å². The van der Waals surface area contributed by atoms with Gasteiger partial charge in [-0.3, -0.25) is 4.79 Å². The molecule has 2 aromatic carbocycles. The third-order valence-corrected chi connectivity index (χ3v) is 3.30. The molecule has 0 heterocycles. The van der Waals surface area contributed by atoms with Crippen LogP contribution in [0.1, 0.15) is 16.7 Å². The molecule has 2 rings (SSSR count). The van der Waals surface area contributed by atoms with E-state index in [1.807, 2.05) is 61.5 Å². The molecule has 0 aliphatic carbocycles. The number of amides is 1. The predicted molar refractivity (Wildman–Crippen MR) is 82.3 cm³/mol. The highest BCUT2D eigenvalue weighted by Crippen LogP contribution is 2.09. The van der Waals surface area contributed by atoms with Crippen molar-refractivity contribution in [2.75, 3.05) is 0 Å². The van der Waals surface area contributed by atoms with Crippen molar-refractivity contribution in [2.24, 2.45) is 5.92 Å². The Morgan fingerprint density at radius 3 is 2.52 bits per heavy atom. The van der Waals surface area contributed by atoms with Crippen LogP contribution < -0.4 is 5.32 Å². The van der Waals surface area contributed by atoms with Crippen LogP contribution in [0, 0.1) is 24.2 Å². The van der Waals surface area contributed by atoms with Crippen LogP contribution in [0.2, 0.25) is 0 Å². The molecule has 0 saturated heterocycles. The largest absolute Gasteiger partial charge is 0.351 e. The molecule has 3 nitrogen and oxygen atoms in total. The summed E-state index contributed by atoms with van der Waals surface area (Å²) >= 11 is 0. The third-order valence-electron chi connectivity index (χ3n) is 3.30. The molecule has 1 amide bonds. The first kappa shape index (κ1) is 14.8. The van der Waals surface area contributed by atoms with E-state index in [2.05, 4.69) is 11.4 Å². The molecule has 0 aliphatic rings. The van der Waals surface area contributed by atoms with Gasteiger partial charge in [0.1, 0.15) is 5.92 Å². The summed E-state index contributed by atoms with van der Waals surface area (Å²) in [6.45, 7) is 2.46. The number of aryl methyl sites for hydroxylation is 1. The minimum absolute atomic E-state index is 0.220. The number of nitrogens with one attached hydrogen (secondary N) is 1. The predicted octanol–water partition coefficient (Wildman–Crippen LogP) is 2.99. The van der Waals surface area contributed by atoms with Crippen LogP contribution >= 0.6 is 0 Å². The van der Waals surface area contributed by atoms with Crippen LogP contribution in [0.5, 0.6) is 0 Å². The summed E-state index contributed by atoms with van der Waals surface area (Å²) in [6.07, 6.45) is 0.441. The highest BCUT2D eigenvalue weighted by molar-refractivity contribution is 5.81. The van der Waals surface area contributed by atoms with Crippen molar-refractivity contribution in [2.45, 2.75) is 19.9 Å². The second-order valence-electron chi connectivity index (χ2n) is 5.08. The van der Waals surface area contributed by atoms with Gasteiger partial charge in [-0.05, 0) is 24.5 Å². The van der Waals surface area contributed by atoms with Gasteiger partial charge in [0.05, 0.1) is 6.07 Å². The minimum atomic E-state index is -0.655. The van der Waals surface area contributed by atoms with Crippen LogP contribution in [0.15, 0.2) is 54.6 Å². The van der Waals surface area contributed by atoms with E-state index in [0.717, 1.165) is 16.7 Å². The van der Waals surface area contributed by atoms with E-state index >= 15 is 0 Å². The van der Waals surface area contributed by atoms with E-state index in [1.165, 1.54) is 0 Å². The van der Waals surface area contributed by atoms with Crippen molar-refractivity contribution in [1.29, 1.82) is 5.26 Å². The Balaban J connectivity index is 1.93. The van der Waals surface area contributed by atoms with Gasteiger partial charge >= 0.3 is 0 Å². The van der Waals surface area contributed by atoms with Gasteiger partial charge in [-0.2, -0.15) is 5.26 Å². The molecular weight excluding hydrogens is 260 g/mol. The summed E-state index contributed by atoms with van der Waals surface area (Å²) in [5.74, 6) is -0.875. The van der Waals surface area contributed by atoms with Crippen LogP contribution in [-0.2, 0) is 17.8 Å². The zero-order chi connectivity index (χ0) is 15.1. The minimum Gasteiger partial charge on any atom is -0.351 e. The van der Waals surface area contributed by atoms with Crippen molar-refractivity contribution in [3.05, 3.63) is 71.3 Å². The first-order chi connectivity index (χ1) is 10.2. The summed E-state index contributed by atoms with van der Waals surface area (Å²) < 4.78 is 0.